The summed E-state index contributed by atoms with van der Waals surface area (Å²) in [6.07, 6.45) is 5.27. The highest BCUT2D eigenvalue weighted by atomic mass is 16.2. The van der Waals surface area contributed by atoms with Crippen LogP contribution in [0.15, 0.2) is 42.7 Å². The predicted molar refractivity (Wildman–Crippen MR) is 103 cm³/mol. The van der Waals surface area contributed by atoms with Crippen molar-refractivity contribution in [2.75, 3.05) is 13.1 Å². The average Bonchev–Trinajstić information content (AvgIpc) is 3.31. The molecule has 6 nitrogen and oxygen atoms in total. The topological polar surface area (TPSA) is 74.8 Å². The first-order valence-electron chi connectivity index (χ1n) is 9.28. The van der Waals surface area contributed by atoms with E-state index >= 15 is 0 Å². The molecule has 0 saturated carbocycles. The van der Waals surface area contributed by atoms with Crippen LogP contribution in [0.5, 0.6) is 0 Å². The largest absolute Gasteiger partial charge is 0.338 e. The summed E-state index contributed by atoms with van der Waals surface area (Å²) in [7, 11) is 0. The van der Waals surface area contributed by atoms with Crippen LogP contribution < -0.4 is 0 Å². The van der Waals surface area contributed by atoms with Gasteiger partial charge in [-0.3, -0.25) is 14.9 Å². The summed E-state index contributed by atoms with van der Waals surface area (Å²) in [5, 5.41) is 7.32. The standard InChI is InChI=1S/C21H23N5O/c1-14-8-15(2)10-18(9-14)21(27)26-7-5-16(13-26)11-19-23-20(25-24-19)17-4-3-6-22-12-17/h3-4,6,8-10,12,16H,5,7,11,13H2,1-2H3,(H,23,24,25). The minimum atomic E-state index is 0.123. The number of benzene rings is 1. The summed E-state index contributed by atoms with van der Waals surface area (Å²) in [5.41, 5.74) is 3.93. The molecule has 1 N–H and O–H groups in total. The molecule has 138 valence electrons. The Morgan fingerprint density at radius 2 is 2.07 bits per heavy atom. The van der Waals surface area contributed by atoms with Gasteiger partial charge in [0.05, 0.1) is 0 Å². The van der Waals surface area contributed by atoms with E-state index in [2.05, 4.69) is 26.2 Å². The van der Waals surface area contributed by atoms with Crippen LogP contribution in [0.25, 0.3) is 11.4 Å². The molecule has 1 fully saturated rings. The molecule has 0 bridgehead atoms. The Labute approximate surface area is 158 Å². The molecule has 3 heterocycles. The monoisotopic (exact) mass is 361 g/mol. The number of rotatable bonds is 4. The number of nitrogens with zero attached hydrogens (tertiary/aromatic N) is 4. The Hall–Kier alpha value is -3.02. The van der Waals surface area contributed by atoms with Crippen LogP contribution in [0, 0.1) is 19.8 Å². The highest BCUT2D eigenvalue weighted by Crippen LogP contribution is 2.23. The molecule has 1 saturated heterocycles. The molecule has 1 aliphatic rings. The number of hydrogen-bond acceptors (Lipinski definition) is 4. The first kappa shape index (κ1) is 17.4. The second-order valence-corrected chi connectivity index (χ2v) is 7.33. The molecule has 1 aromatic carbocycles. The van der Waals surface area contributed by atoms with E-state index in [1.54, 1.807) is 12.4 Å². The first-order valence-corrected chi connectivity index (χ1v) is 9.28. The second kappa shape index (κ2) is 7.31. The van der Waals surface area contributed by atoms with E-state index in [1.807, 2.05) is 43.0 Å². The number of aromatic nitrogens is 4. The molecule has 4 rings (SSSR count). The molecule has 27 heavy (non-hydrogen) atoms. The molecule has 2 aromatic heterocycles. The van der Waals surface area contributed by atoms with E-state index in [4.69, 9.17) is 0 Å². The summed E-state index contributed by atoms with van der Waals surface area (Å²) in [6, 6.07) is 9.85. The van der Waals surface area contributed by atoms with Gasteiger partial charge in [0.15, 0.2) is 5.82 Å². The second-order valence-electron chi connectivity index (χ2n) is 7.33. The molecule has 1 amide bonds. The molecular formula is C21H23N5O. The Bertz CT molecular complexity index is 930. The molecule has 1 atom stereocenters. The molecule has 0 radical (unpaired) electrons. The number of carbonyl (C=O) groups excluding carboxylic acids is 1. The van der Waals surface area contributed by atoms with Gasteiger partial charge in [-0.05, 0) is 50.5 Å². The van der Waals surface area contributed by atoms with Gasteiger partial charge in [-0.15, -0.1) is 0 Å². The number of carbonyl (C=O) groups is 1. The van der Waals surface area contributed by atoms with Gasteiger partial charge in [-0.1, -0.05) is 17.2 Å². The number of aromatic amines is 1. The highest BCUT2D eigenvalue weighted by Gasteiger charge is 2.28. The van der Waals surface area contributed by atoms with Crippen LogP contribution in [-0.2, 0) is 6.42 Å². The smallest absolute Gasteiger partial charge is 0.253 e. The molecule has 1 unspecified atom stereocenters. The molecular weight excluding hydrogens is 338 g/mol. The number of nitrogens with one attached hydrogen (secondary N) is 1. The minimum Gasteiger partial charge on any atom is -0.338 e. The third-order valence-corrected chi connectivity index (χ3v) is 4.98. The number of hydrogen-bond donors (Lipinski definition) is 1. The van der Waals surface area contributed by atoms with Crippen molar-refractivity contribution in [3.8, 4) is 11.4 Å². The lowest BCUT2D eigenvalue weighted by Gasteiger charge is -2.17. The van der Waals surface area contributed by atoms with Gasteiger partial charge in [-0.25, -0.2) is 4.98 Å². The lowest BCUT2D eigenvalue weighted by molar-refractivity contribution is 0.0786. The van der Waals surface area contributed by atoms with Crippen LogP contribution in [0.2, 0.25) is 0 Å². The van der Waals surface area contributed by atoms with Crippen molar-refractivity contribution in [3.05, 3.63) is 65.2 Å². The van der Waals surface area contributed by atoms with Crippen molar-refractivity contribution in [1.82, 2.24) is 25.1 Å². The molecule has 0 spiro atoms. The van der Waals surface area contributed by atoms with E-state index in [-0.39, 0.29) is 5.91 Å². The highest BCUT2D eigenvalue weighted by molar-refractivity contribution is 5.94. The van der Waals surface area contributed by atoms with Gasteiger partial charge >= 0.3 is 0 Å². The summed E-state index contributed by atoms with van der Waals surface area (Å²) >= 11 is 0. The number of amides is 1. The van der Waals surface area contributed by atoms with E-state index < -0.39 is 0 Å². The first-order chi connectivity index (χ1) is 13.1. The summed E-state index contributed by atoms with van der Waals surface area (Å²) < 4.78 is 0. The van der Waals surface area contributed by atoms with Crippen LogP contribution in [0.1, 0.15) is 33.7 Å². The van der Waals surface area contributed by atoms with Gasteiger partial charge in [0.1, 0.15) is 5.82 Å². The molecule has 6 heteroatoms. The predicted octanol–water partition coefficient (Wildman–Crippen LogP) is 3.19. The summed E-state index contributed by atoms with van der Waals surface area (Å²) in [4.78, 5) is 23.5. The van der Waals surface area contributed by atoms with Gasteiger partial charge in [0.25, 0.3) is 5.91 Å². The number of aryl methyl sites for hydroxylation is 2. The van der Waals surface area contributed by atoms with E-state index in [0.29, 0.717) is 11.7 Å². The fourth-order valence-electron chi connectivity index (χ4n) is 3.75. The quantitative estimate of drug-likeness (QED) is 0.774. The fourth-order valence-corrected chi connectivity index (χ4v) is 3.75. The molecule has 1 aliphatic heterocycles. The van der Waals surface area contributed by atoms with E-state index in [1.165, 1.54) is 0 Å². The van der Waals surface area contributed by atoms with E-state index in [9.17, 15) is 4.79 Å². The van der Waals surface area contributed by atoms with Crippen molar-refractivity contribution < 1.29 is 4.79 Å². The fraction of sp³-hybridized carbons (Fsp3) is 0.333. The number of pyridine rings is 1. The number of H-pyrrole nitrogens is 1. The van der Waals surface area contributed by atoms with E-state index in [0.717, 1.165) is 54.0 Å². The normalized spacial score (nSPS) is 16.7. The lowest BCUT2D eigenvalue weighted by Crippen LogP contribution is -2.29. The zero-order chi connectivity index (χ0) is 18.8. The maximum atomic E-state index is 12.8. The Kier molecular flexibility index (Phi) is 4.71. The third kappa shape index (κ3) is 3.89. The van der Waals surface area contributed by atoms with Gasteiger partial charge < -0.3 is 4.90 Å². The minimum absolute atomic E-state index is 0.123. The third-order valence-electron chi connectivity index (χ3n) is 4.98. The van der Waals surface area contributed by atoms with Crippen LogP contribution in [0.4, 0.5) is 0 Å². The van der Waals surface area contributed by atoms with Crippen molar-refractivity contribution in [3.63, 3.8) is 0 Å². The van der Waals surface area contributed by atoms with Gasteiger partial charge in [0.2, 0.25) is 0 Å². The Balaban J connectivity index is 1.40. The molecule has 3 aromatic rings. The molecule has 0 aliphatic carbocycles. The van der Waals surface area contributed by atoms with Crippen molar-refractivity contribution in [2.45, 2.75) is 26.7 Å². The van der Waals surface area contributed by atoms with Crippen molar-refractivity contribution in [1.29, 1.82) is 0 Å². The Morgan fingerprint density at radius 3 is 2.81 bits per heavy atom. The van der Waals surface area contributed by atoms with Crippen LogP contribution >= 0.6 is 0 Å². The zero-order valence-corrected chi connectivity index (χ0v) is 15.6. The SMILES string of the molecule is Cc1cc(C)cc(C(=O)N2CCC(Cc3nc(-c4cccnc4)n[nH]3)C2)c1. The summed E-state index contributed by atoms with van der Waals surface area (Å²) in [5.74, 6) is 2.05. The summed E-state index contributed by atoms with van der Waals surface area (Å²) in [6.45, 7) is 5.61. The maximum absolute atomic E-state index is 12.8. The Morgan fingerprint density at radius 1 is 1.26 bits per heavy atom. The maximum Gasteiger partial charge on any atom is 0.253 e. The zero-order valence-electron chi connectivity index (χ0n) is 15.6. The van der Waals surface area contributed by atoms with Crippen molar-refractivity contribution >= 4 is 5.91 Å². The van der Waals surface area contributed by atoms with Crippen LogP contribution in [0.3, 0.4) is 0 Å². The van der Waals surface area contributed by atoms with Gasteiger partial charge in [0, 0.05) is 43.0 Å². The number of likely N-dealkylation sites (tertiary alicyclic amines) is 1. The van der Waals surface area contributed by atoms with Crippen LogP contribution in [-0.4, -0.2) is 44.1 Å². The average molecular weight is 361 g/mol. The lowest BCUT2D eigenvalue weighted by atomic mass is 10.0. The van der Waals surface area contributed by atoms with Crippen molar-refractivity contribution in [2.24, 2.45) is 5.92 Å². The van der Waals surface area contributed by atoms with Gasteiger partial charge in [-0.2, -0.15) is 5.10 Å².